The van der Waals surface area contributed by atoms with Crippen LogP contribution >= 0.6 is 0 Å². The number of hydrogen-bond acceptors (Lipinski definition) is 6. The van der Waals surface area contributed by atoms with Crippen molar-refractivity contribution in [1.29, 1.82) is 0 Å². The zero-order valence-electron chi connectivity index (χ0n) is 23.0. The predicted octanol–water partition coefficient (Wildman–Crippen LogP) is 3.25. The number of amides is 3. The van der Waals surface area contributed by atoms with E-state index in [1.165, 1.54) is 54.3 Å². The Labute approximate surface area is 219 Å². The minimum Gasteiger partial charge on any atom is -0.346 e. The minimum absolute atomic E-state index is 0.0426. The number of nitrogens with zero attached hydrogens (tertiary/aromatic N) is 1. The van der Waals surface area contributed by atoms with Gasteiger partial charge in [0.25, 0.3) is 23.3 Å². The number of pyridine rings is 1. The summed E-state index contributed by atoms with van der Waals surface area (Å²) < 4.78 is 12.0. The summed E-state index contributed by atoms with van der Waals surface area (Å²) in [7, 11) is 2.58. The summed E-state index contributed by atoms with van der Waals surface area (Å²) in [6.07, 6.45) is 11.8. The van der Waals surface area contributed by atoms with E-state index in [9.17, 15) is 19.2 Å². The second-order valence-corrected chi connectivity index (χ2v) is 11.1. The fourth-order valence-corrected chi connectivity index (χ4v) is 5.27. The standard InChI is InChI=1S/C28H43N3O6/c1-27(2,25(34)29-26(35)28(3,36-4)37-5)30-23(32)21-17-20-15-11-6-7-12-16-22(20)31(24(21)33)18-19-13-9-8-10-14-19/h17,19H,6-16,18H2,1-5H3,(H,30,32)(H,29,34,35). The van der Waals surface area contributed by atoms with Gasteiger partial charge in [0, 0.05) is 26.5 Å². The molecule has 0 saturated heterocycles. The molecule has 1 fully saturated rings. The summed E-state index contributed by atoms with van der Waals surface area (Å²) in [6.45, 7) is 4.98. The van der Waals surface area contributed by atoms with Crippen LogP contribution in [0.1, 0.15) is 100 Å². The van der Waals surface area contributed by atoms with Gasteiger partial charge in [-0.1, -0.05) is 32.1 Å². The topological polar surface area (TPSA) is 116 Å². The van der Waals surface area contributed by atoms with Gasteiger partial charge in [0.05, 0.1) is 0 Å². The van der Waals surface area contributed by atoms with Crippen molar-refractivity contribution >= 4 is 17.7 Å². The molecule has 2 N–H and O–H groups in total. The molecule has 0 spiro atoms. The fraction of sp³-hybridized carbons (Fsp3) is 0.714. The number of carbonyl (C=O) groups is 3. The Bertz CT molecular complexity index is 1050. The third-order valence-corrected chi connectivity index (χ3v) is 7.92. The molecule has 9 heteroatoms. The van der Waals surface area contributed by atoms with Crippen molar-refractivity contribution in [3.05, 3.63) is 33.2 Å². The van der Waals surface area contributed by atoms with Crippen LogP contribution in [0, 0.1) is 5.92 Å². The lowest BCUT2D eigenvalue weighted by Gasteiger charge is -2.29. The van der Waals surface area contributed by atoms with Gasteiger partial charge in [-0.3, -0.25) is 24.5 Å². The molecule has 0 bridgehead atoms. The molecule has 0 aliphatic heterocycles. The lowest BCUT2D eigenvalue weighted by molar-refractivity contribution is -0.201. The number of aryl methyl sites for hydroxylation is 1. The Balaban J connectivity index is 1.88. The SMILES string of the molecule is COC(C)(OC)C(=O)NC(=O)C(C)(C)NC(=O)c1cc2c(n(CC3CCCCC3)c1=O)CCCCCC2. The fourth-order valence-electron chi connectivity index (χ4n) is 5.27. The summed E-state index contributed by atoms with van der Waals surface area (Å²) in [5, 5.41) is 4.91. The molecule has 1 heterocycles. The average molecular weight is 518 g/mol. The van der Waals surface area contributed by atoms with Crippen LogP contribution < -0.4 is 16.2 Å². The zero-order valence-corrected chi connectivity index (χ0v) is 23.0. The molecule has 206 valence electrons. The van der Waals surface area contributed by atoms with Gasteiger partial charge in [0.15, 0.2) is 0 Å². The maximum Gasteiger partial charge on any atom is 0.286 e. The van der Waals surface area contributed by atoms with Crippen LogP contribution in [-0.2, 0) is 38.4 Å². The highest BCUT2D eigenvalue weighted by molar-refractivity contribution is 6.05. The molecule has 0 aromatic carbocycles. The normalized spacial score (nSPS) is 17.3. The van der Waals surface area contributed by atoms with Crippen molar-refractivity contribution < 1.29 is 23.9 Å². The van der Waals surface area contributed by atoms with Crippen molar-refractivity contribution in [3.8, 4) is 0 Å². The monoisotopic (exact) mass is 517 g/mol. The third kappa shape index (κ3) is 6.87. The van der Waals surface area contributed by atoms with Gasteiger partial charge in [-0.2, -0.15) is 0 Å². The Hall–Kier alpha value is -2.52. The van der Waals surface area contributed by atoms with Crippen LogP contribution in [0.3, 0.4) is 0 Å². The third-order valence-electron chi connectivity index (χ3n) is 7.92. The Kier molecular flexibility index (Phi) is 9.69. The molecule has 1 aromatic heterocycles. The number of ether oxygens (including phenoxy) is 2. The van der Waals surface area contributed by atoms with Crippen molar-refractivity contribution in [2.75, 3.05) is 14.2 Å². The van der Waals surface area contributed by atoms with Crippen LogP contribution in [0.5, 0.6) is 0 Å². The van der Waals surface area contributed by atoms with Gasteiger partial charge in [0.1, 0.15) is 11.1 Å². The predicted molar refractivity (Wildman–Crippen MR) is 140 cm³/mol. The van der Waals surface area contributed by atoms with Gasteiger partial charge in [-0.15, -0.1) is 0 Å². The number of aromatic nitrogens is 1. The molecular formula is C28H43N3O6. The van der Waals surface area contributed by atoms with Crippen molar-refractivity contribution in [2.45, 2.75) is 109 Å². The molecule has 2 aliphatic carbocycles. The number of methoxy groups -OCH3 is 2. The zero-order chi connectivity index (χ0) is 27.2. The molecular weight excluding hydrogens is 474 g/mol. The molecule has 9 nitrogen and oxygen atoms in total. The second-order valence-electron chi connectivity index (χ2n) is 11.1. The van der Waals surface area contributed by atoms with E-state index < -0.39 is 29.0 Å². The molecule has 3 amide bonds. The van der Waals surface area contributed by atoms with Crippen LogP contribution in [0.2, 0.25) is 0 Å². The van der Waals surface area contributed by atoms with E-state index >= 15 is 0 Å². The summed E-state index contributed by atoms with van der Waals surface area (Å²) in [6, 6.07) is 1.72. The van der Waals surface area contributed by atoms with Crippen LogP contribution in [0.15, 0.2) is 10.9 Å². The lowest BCUT2D eigenvalue weighted by atomic mass is 9.88. The first-order chi connectivity index (χ1) is 17.5. The number of rotatable bonds is 8. The second kappa shape index (κ2) is 12.3. The highest BCUT2D eigenvalue weighted by Crippen LogP contribution is 2.27. The van der Waals surface area contributed by atoms with Crippen LogP contribution in [-0.4, -0.2) is 47.8 Å². The Morgan fingerprint density at radius 1 is 0.919 bits per heavy atom. The number of fused-ring (bicyclic) bond motifs is 1. The van der Waals surface area contributed by atoms with E-state index in [0.29, 0.717) is 12.5 Å². The van der Waals surface area contributed by atoms with E-state index in [2.05, 4.69) is 10.6 Å². The summed E-state index contributed by atoms with van der Waals surface area (Å²) in [5.41, 5.74) is 0.378. The Morgan fingerprint density at radius 3 is 2.14 bits per heavy atom. The van der Waals surface area contributed by atoms with Gasteiger partial charge < -0.3 is 19.4 Å². The number of nitrogens with one attached hydrogen (secondary N) is 2. The first-order valence-electron chi connectivity index (χ1n) is 13.6. The smallest absolute Gasteiger partial charge is 0.286 e. The quantitative estimate of drug-likeness (QED) is 0.512. The van der Waals surface area contributed by atoms with E-state index in [-0.39, 0.29) is 11.1 Å². The lowest BCUT2D eigenvalue weighted by Crippen LogP contribution is -2.59. The first-order valence-corrected chi connectivity index (χ1v) is 13.6. The van der Waals surface area contributed by atoms with Crippen molar-refractivity contribution in [1.82, 2.24) is 15.2 Å². The Morgan fingerprint density at radius 2 is 1.51 bits per heavy atom. The van der Waals surface area contributed by atoms with Gasteiger partial charge in [-0.05, 0) is 76.8 Å². The van der Waals surface area contributed by atoms with E-state index in [1.54, 1.807) is 6.07 Å². The highest BCUT2D eigenvalue weighted by Gasteiger charge is 2.39. The van der Waals surface area contributed by atoms with Crippen LogP contribution in [0.25, 0.3) is 0 Å². The highest BCUT2D eigenvalue weighted by atomic mass is 16.7. The molecule has 0 unspecified atom stereocenters. The molecule has 37 heavy (non-hydrogen) atoms. The van der Waals surface area contributed by atoms with Gasteiger partial charge in [-0.25, -0.2) is 0 Å². The van der Waals surface area contributed by atoms with E-state index in [4.69, 9.17) is 9.47 Å². The molecule has 1 saturated carbocycles. The van der Waals surface area contributed by atoms with Gasteiger partial charge in [0.2, 0.25) is 5.79 Å². The molecule has 1 aromatic rings. The summed E-state index contributed by atoms with van der Waals surface area (Å²) in [5.74, 6) is -3.37. The van der Waals surface area contributed by atoms with Gasteiger partial charge >= 0.3 is 0 Å². The largest absolute Gasteiger partial charge is 0.346 e. The maximum absolute atomic E-state index is 13.7. The van der Waals surface area contributed by atoms with Crippen LogP contribution in [0.4, 0.5) is 0 Å². The van der Waals surface area contributed by atoms with E-state index in [0.717, 1.165) is 62.6 Å². The van der Waals surface area contributed by atoms with E-state index in [1.807, 2.05) is 4.57 Å². The number of hydrogen-bond donors (Lipinski definition) is 2. The van der Waals surface area contributed by atoms with Crippen molar-refractivity contribution in [2.24, 2.45) is 5.92 Å². The molecule has 0 atom stereocenters. The molecule has 3 rings (SSSR count). The molecule has 2 aliphatic rings. The van der Waals surface area contributed by atoms with Crippen molar-refractivity contribution in [3.63, 3.8) is 0 Å². The summed E-state index contributed by atoms with van der Waals surface area (Å²) in [4.78, 5) is 52.5. The minimum atomic E-state index is -1.65. The number of imide groups is 1. The number of carbonyl (C=O) groups excluding carboxylic acids is 3. The first kappa shape index (κ1) is 29.0. The summed E-state index contributed by atoms with van der Waals surface area (Å²) >= 11 is 0. The average Bonchev–Trinajstić information content (AvgIpc) is 2.86. The maximum atomic E-state index is 13.7. The molecule has 0 radical (unpaired) electrons.